The van der Waals surface area contributed by atoms with E-state index < -0.39 is 0 Å². The zero-order chi connectivity index (χ0) is 23.2. The molecule has 170 valence electrons. The van der Waals surface area contributed by atoms with E-state index in [1.165, 1.54) is 19.1 Å². The lowest BCUT2D eigenvalue weighted by molar-refractivity contribution is -0.133. The van der Waals surface area contributed by atoms with Crippen LogP contribution in [0.2, 0.25) is 0 Å². The second kappa shape index (κ2) is 10.2. The molecular formula is C24H25FN6O2. The van der Waals surface area contributed by atoms with Gasteiger partial charge in [-0.3, -0.25) is 14.6 Å². The number of anilines is 2. The number of carbonyl (C=O) groups is 2. The molecule has 2 amide bonds. The number of hydrogen-bond donors (Lipinski definition) is 2. The number of nitrogens with one attached hydrogen (secondary N) is 2. The average Bonchev–Trinajstić information content (AvgIpc) is 2.83. The van der Waals surface area contributed by atoms with Crippen molar-refractivity contribution in [1.82, 2.24) is 25.2 Å². The zero-order valence-electron chi connectivity index (χ0n) is 18.3. The second-order valence-electron chi connectivity index (χ2n) is 7.96. The zero-order valence-corrected chi connectivity index (χ0v) is 18.3. The third-order valence-corrected chi connectivity index (χ3v) is 5.43. The van der Waals surface area contributed by atoms with Crippen molar-refractivity contribution in [3.8, 4) is 11.3 Å². The highest BCUT2D eigenvalue weighted by molar-refractivity contribution is 5.83. The molecule has 0 bridgehead atoms. The van der Waals surface area contributed by atoms with Crippen LogP contribution in [0.3, 0.4) is 0 Å². The number of rotatable bonds is 6. The van der Waals surface area contributed by atoms with Crippen LogP contribution >= 0.6 is 0 Å². The Morgan fingerprint density at radius 2 is 2.06 bits per heavy atom. The van der Waals surface area contributed by atoms with Crippen LogP contribution in [-0.4, -0.2) is 51.3 Å². The van der Waals surface area contributed by atoms with E-state index in [4.69, 9.17) is 9.97 Å². The fourth-order valence-corrected chi connectivity index (χ4v) is 3.82. The topological polar surface area (TPSA) is 100 Å². The maximum Gasteiger partial charge on any atom is 0.241 e. The summed E-state index contributed by atoms with van der Waals surface area (Å²) in [6.07, 6.45) is 5.06. The Balaban J connectivity index is 1.62. The van der Waals surface area contributed by atoms with Crippen LogP contribution in [0.15, 0.2) is 54.9 Å². The quantitative estimate of drug-likeness (QED) is 0.600. The van der Waals surface area contributed by atoms with E-state index in [9.17, 15) is 14.0 Å². The lowest BCUT2D eigenvalue weighted by atomic mass is 9.96. The van der Waals surface area contributed by atoms with Crippen molar-refractivity contribution in [2.24, 2.45) is 0 Å². The van der Waals surface area contributed by atoms with Crippen LogP contribution < -0.4 is 10.6 Å². The van der Waals surface area contributed by atoms with Gasteiger partial charge in [0.05, 0.1) is 12.2 Å². The number of hydrogen-bond acceptors (Lipinski definition) is 6. The van der Waals surface area contributed by atoms with Gasteiger partial charge in [0.25, 0.3) is 0 Å². The van der Waals surface area contributed by atoms with Crippen LogP contribution in [0.25, 0.3) is 11.3 Å². The molecule has 0 spiro atoms. The van der Waals surface area contributed by atoms with Crippen molar-refractivity contribution in [3.63, 3.8) is 0 Å². The lowest BCUT2D eigenvalue weighted by Crippen LogP contribution is -2.44. The van der Waals surface area contributed by atoms with Gasteiger partial charge < -0.3 is 15.5 Å². The van der Waals surface area contributed by atoms with Gasteiger partial charge in [0.1, 0.15) is 17.5 Å². The van der Waals surface area contributed by atoms with Gasteiger partial charge in [0.2, 0.25) is 11.8 Å². The third kappa shape index (κ3) is 5.88. The van der Waals surface area contributed by atoms with Crippen molar-refractivity contribution in [2.75, 3.05) is 25.0 Å². The van der Waals surface area contributed by atoms with Crippen LogP contribution in [0, 0.1) is 5.82 Å². The summed E-state index contributed by atoms with van der Waals surface area (Å²) < 4.78 is 13.7. The number of benzene rings is 1. The lowest BCUT2D eigenvalue weighted by Gasteiger charge is -2.32. The number of amides is 2. The molecule has 0 unspecified atom stereocenters. The molecule has 9 heteroatoms. The molecule has 8 nitrogen and oxygen atoms in total. The summed E-state index contributed by atoms with van der Waals surface area (Å²) in [5.74, 6) is 0.361. The highest BCUT2D eigenvalue weighted by atomic mass is 19.1. The first kappa shape index (κ1) is 22.3. The number of nitrogens with zero attached hydrogens (tertiary/aromatic N) is 4. The van der Waals surface area contributed by atoms with Crippen LogP contribution in [0.4, 0.5) is 15.9 Å². The molecule has 0 aliphatic carbocycles. The van der Waals surface area contributed by atoms with E-state index in [0.717, 1.165) is 18.4 Å². The van der Waals surface area contributed by atoms with Crippen molar-refractivity contribution >= 4 is 23.3 Å². The Morgan fingerprint density at radius 3 is 2.82 bits per heavy atom. The first-order valence-electron chi connectivity index (χ1n) is 10.8. The Morgan fingerprint density at radius 1 is 1.18 bits per heavy atom. The smallest absolute Gasteiger partial charge is 0.241 e. The summed E-state index contributed by atoms with van der Waals surface area (Å²) in [6, 6.07) is 11.7. The average molecular weight is 449 g/mol. The number of piperidine rings is 1. The molecule has 3 heterocycles. The molecule has 2 aromatic heterocycles. The molecule has 1 aromatic carbocycles. The van der Waals surface area contributed by atoms with Crippen molar-refractivity contribution in [2.45, 2.75) is 25.7 Å². The summed E-state index contributed by atoms with van der Waals surface area (Å²) >= 11 is 0. The summed E-state index contributed by atoms with van der Waals surface area (Å²) in [5, 5.41) is 5.72. The third-order valence-electron chi connectivity index (χ3n) is 5.43. The highest BCUT2D eigenvalue weighted by Gasteiger charge is 2.27. The molecule has 0 saturated carbocycles. The van der Waals surface area contributed by atoms with Crippen molar-refractivity contribution < 1.29 is 14.0 Å². The minimum Gasteiger partial charge on any atom is -0.347 e. The normalized spacial score (nSPS) is 15.7. The van der Waals surface area contributed by atoms with Gasteiger partial charge in [-0.2, -0.15) is 0 Å². The molecular weight excluding hydrogens is 423 g/mol. The van der Waals surface area contributed by atoms with Gasteiger partial charge in [-0.15, -0.1) is 0 Å². The molecule has 1 atom stereocenters. The van der Waals surface area contributed by atoms with Gasteiger partial charge in [-0.25, -0.2) is 14.4 Å². The number of carbonyl (C=O) groups excluding carboxylic acids is 2. The second-order valence-corrected chi connectivity index (χ2v) is 7.96. The fraction of sp³-hybridized carbons (Fsp3) is 0.292. The number of pyridine rings is 1. The molecule has 0 radical (unpaired) electrons. The van der Waals surface area contributed by atoms with E-state index in [1.54, 1.807) is 35.5 Å². The Hall–Kier alpha value is -3.88. The largest absolute Gasteiger partial charge is 0.347 e. The molecule has 1 fully saturated rings. The summed E-state index contributed by atoms with van der Waals surface area (Å²) in [6.45, 7) is 2.46. The maximum atomic E-state index is 13.7. The van der Waals surface area contributed by atoms with Gasteiger partial charge in [-0.05, 0) is 43.2 Å². The fourth-order valence-electron chi connectivity index (χ4n) is 3.82. The first-order valence-corrected chi connectivity index (χ1v) is 10.8. The predicted octanol–water partition coefficient (Wildman–Crippen LogP) is 3.26. The molecule has 2 N–H and O–H groups in total. The Kier molecular flexibility index (Phi) is 6.87. The molecule has 1 saturated heterocycles. The molecule has 1 aliphatic rings. The van der Waals surface area contributed by atoms with Crippen LogP contribution in [0.1, 0.15) is 31.5 Å². The molecule has 3 aromatic rings. The first-order chi connectivity index (χ1) is 16.0. The van der Waals surface area contributed by atoms with Crippen LogP contribution in [-0.2, 0) is 9.59 Å². The highest BCUT2D eigenvalue weighted by Crippen LogP contribution is 2.29. The number of halogens is 1. The Labute approximate surface area is 191 Å². The predicted molar refractivity (Wildman–Crippen MR) is 122 cm³/mol. The monoisotopic (exact) mass is 448 g/mol. The van der Waals surface area contributed by atoms with E-state index in [0.29, 0.717) is 36.1 Å². The number of aromatic nitrogens is 3. The standard InChI is InChI=1S/C24H25FN6O2/c1-16(32)27-14-23(33)31-10-4-6-18(15-31)24-29-21(17-5-3-9-26-13-17)12-22(30-24)28-20-8-2-7-19(25)11-20/h2-3,5,7-9,11-13,18H,4,6,10,14-15H2,1H3,(H,27,32)(H,28,29,30)/t18-/m0/s1. The van der Waals surface area contributed by atoms with Gasteiger partial charge in [-0.1, -0.05) is 6.07 Å². The minimum absolute atomic E-state index is 0.0228. The number of likely N-dealkylation sites (tertiary alicyclic amines) is 1. The molecule has 33 heavy (non-hydrogen) atoms. The van der Waals surface area contributed by atoms with E-state index in [1.807, 2.05) is 12.1 Å². The van der Waals surface area contributed by atoms with E-state index in [-0.39, 0.29) is 30.1 Å². The minimum atomic E-state index is -0.345. The Bertz CT molecular complexity index is 1140. The van der Waals surface area contributed by atoms with Crippen molar-refractivity contribution in [3.05, 3.63) is 66.5 Å². The molecule has 1 aliphatic heterocycles. The van der Waals surface area contributed by atoms with Gasteiger partial charge in [0.15, 0.2) is 0 Å². The summed E-state index contributed by atoms with van der Waals surface area (Å²) in [4.78, 5) is 39.1. The molecule has 4 rings (SSSR count). The van der Waals surface area contributed by atoms with Crippen LogP contribution in [0.5, 0.6) is 0 Å². The van der Waals surface area contributed by atoms with E-state index >= 15 is 0 Å². The van der Waals surface area contributed by atoms with E-state index in [2.05, 4.69) is 15.6 Å². The van der Waals surface area contributed by atoms with Gasteiger partial charge in [0, 0.05) is 55.6 Å². The summed E-state index contributed by atoms with van der Waals surface area (Å²) in [5.41, 5.74) is 2.10. The van der Waals surface area contributed by atoms with Crippen molar-refractivity contribution in [1.29, 1.82) is 0 Å². The van der Waals surface area contributed by atoms with Gasteiger partial charge >= 0.3 is 0 Å². The maximum absolute atomic E-state index is 13.7. The summed E-state index contributed by atoms with van der Waals surface area (Å²) in [7, 11) is 0. The SMILES string of the molecule is CC(=O)NCC(=O)N1CCC[C@H](c2nc(Nc3cccc(F)c3)cc(-c3cccnc3)n2)C1.